The fourth-order valence-electron chi connectivity index (χ4n) is 7.13. The van der Waals surface area contributed by atoms with Crippen LogP contribution < -0.4 is 59.3 Å². The quantitative estimate of drug-likeness (QED) is 0.0226. The Kier molecular flexibility index (Phi) is 31.0. The standard InChI is InChI=1S/C46H77N13O15S2/c1-22(2)13-29(41(68)53-27(10-11-35(61)62)40(67)59-37(24(5)6)45(72)54-28(46(73)74)9-7-8-12-47)55-42(69)30(14-23(3)4)56-43(70)32(16-36(63)64)52-34(60)18-50-39(66)31(15-25-17-49-21-51-25)57-44(71)33(20-76)58-38(65)26(48)19-75/h17,21-24,26-33,37,75-76H,7-16,18-20,47-48H2,1-6H3,(H,49,51)(H,50,66)(H,52,60)(H,53,68)(H,54,72)(H,55,69)(H,56,70)(H,57,71)(H,58,65)(H,59,67)(H,61,62)(H,63,64)(H,73,74)/t26-,27-,28-,29-,30-,31-,32-,33-,37-/m0/s1. The highest BCUT2D eigenvalue weighted by atomic mass is 32.1. The third-order valence-corrected chi connectivity index (χ3v) is 11.9. The monoisotopic (exact) mass is 1120 g/mol. The summed E-state index contributed by atoms with van der Waals surface area (Å²) in [4.78, 5) is 163. The van der Waals surface area contributed by atoms with Crippen LogP contribution in [0.4, 0.5) is 0 Å². The maximum atomic E-state index is 14.0. The number of rotatable bonds is 37. The molecule has 0 aliphatic carbocycles. The average Bonchev–Trinajstić information content (AvgIpc) is 3.86. The van der Waals surface area contributed by atoms with Crippen LogP contribution in [-0.4, -0.2) is 175 Å². The molecule has 0 saturated carbocycles. The third kappa shape index (κ3) is 25.8. The van der Waals surface area contributed by atoms with E-state index < -0.39 is 157 Å². The summed E-state index contributed by atoms with van der Waals surface area (Å²) < 4.78 is 0. The SMILES string of the molecule is CC(C)C[C@H](NC(=O)[C@H](CC(=O)O)NC(=O)CNC(=O)[C@H](Cc1cnc[nH]1)NC(=O)[C@H](CS)NC(=O)[C@@H](N)CS)C(=O)N[C@@H](CC(C)C)C(=O)N[C@@H](CCC(=O)O)C(=O)N[C@H](C(=O)N[C@@H](CCCCN)C(=O)O)C(C)C. The van der Waals surface area contributed by atoms with Crippen molar-refractivity contribution in [2.45, 2.75) is 154 Å². The van der Waals surface area contributed by atoms with Crippen LogP contribution in [0.15, 0.2) is 12.5 Å². The summed E-state index contributed by atoms with van der Waals surface area (Å²) >= 11 is 8.08. The molecule has 0 aliphatic heterocycles. The fourth-order valence-corrected chi connectivity index (χ4v) is 7.56. The molecule has 1 heterocycles. The van der Waals surface area contributed by atoms with E-state index in [-0.39, 0.29) is 49.0 Å². The first-order valence-corrected chi connectivity index (χ1v) is 25.9. The van der Waals surface area contributed by atoms with Gasteiger partial charge in [-0.3, -0.25) is 52.7 Å². The van der Waals surface area contributed by atoms with Crippen molar-refractivity contribution in [2.24, 2.45) is 29.2 Å². The Bertz CT molecular complexity index is 2130. The molecule has 0 unspecified atom stereocenters. The van der Waals surface area contributed by atoms with Gasteiger partial charge in [0.2, 0.25) is 53.2 Å². The summed E-state index contributed by atoms with van der Waals surface area (Å²) in [6.07, 6.45) is 1.20. The van der Waals surface area contributed by atoms with Crippen LogP contribution in [0.25, 0.3) is 0 Å². The van der Waals surface area contributed by atoms with Crippen molar-refractivity contribution in [1.29, 1.82) is 0 Å². The number of nitrogens with two attached hydrogens (primary N) is 2. The van der Waals surface area contributed by atoms with E-state index in [1.54, 1.807) is 41.5 Å². The Morgan fingerprint density at radius 3 is 1.57 bits per heavy atom. The van der Waals surface area contributed by atoms with Crippen LogP contribution in [0.5, 0.6) is 0 Å². The summed E-state index contributed by atoms with van der Waals surface area (Å²) in [6.45, 7) is 9.40. The van der Waals surface area contributed by atoms with Crippen LogP contribution in [0.3, 0.4) is 0 Å². The summed E-state index contributed by atoms with van der Waals surface area (Å²) in [5.41, 5.74) is 11.6. The van der Waals surface area contributed by atoms with Gasteiger partial charge >= 0.3 is 17.9 Å². The van der Waals surface area contributed by atoms with Gasteiger partial charge in [0.25, 0.3) is 0 Å². The molecule has 9 amide bonds. The van der Waals surface area contributed by atoms with Gasteiger partial charge in [-0.05, 0) is 62.8 Å². The van der Waals surface area contributed by atoms with E-state index in [2.05, 4.69) is 83.1 Å². The molecule has 0 aliphatic rings. The number of imidazole rings is 1. The van der Waals surface area contributed by atoms with Crippen molar-refractivity contribution < 1.29 is 72.9 Å². The second-order valence-corrected chi connectivity index (χ2v) is 19.8. The molecule has 0 radical (unpaired) electrons. The van der Waals surface area contributed by atoms with Gasteiger partial charge in [0.1, 0.15) is 48.3 Å². The zero-order chi connectivity index (χ0) is 57.8. The summed E-state index contributed by atoms with van der Waals surface area (Å²) in [6, 6.07) is -12.6. The van der Waals surface area contributed by atoms with Crippen molar-refractivity contribution in [3.63, 3.8) is 0 Å². The fraction of sp³-hybridized carbons (Fsp3) is 0.674. The van der Waals surface area contributed by atoms with Crippen molar-refractivity contribution in [3.05, 3.63) is 18.2 Å². The Balaban J connectivity index is 3.33. The summed E-state index contributed by atoms with van der Waals surface area (Å²) in [5.74, 6) is -14.0. The molecule has 0 aromatic carbocycles. The van der Waals surface area contributed by atoms with Crippen LogP contribution in [0.2, 0.25) is 0 Å². The minimum absolute atomic E-state index is 0.0309. The first-order valence-electron chi connectivity index (χ1n) is 24.6. The molecule has 0 fully saturated rings. The third-order valence-electron chi connectivity index (χ3n) is 11.2. The smallest absolute Gasteiger partial charge is 0.326 e. The minimum Gasteiger partial charge on any atom is -0.481 e. The van der Waals surface area contributed by atoms with E-state index in [4.69, 9.17) is 11.5 Å². The number of carboxylic acid groups (broad SMARTS) is 3. The number of thiol groups is 2. The van der Waals surface area contributed by atoms with Crippen LogP contribution in [0.1, 0.15) is 98.6 Å². The van der Waals surface area contributed by atoms with Crippen LogP contribution in [0, 0.1) is 17.8 Å². The van der Waals surface area contributed by atoms with Crippen LogP contribution >= 0.6 is 25.3 Å². The van der Waals surface area contributed by atoms with Crippen LogP contribution in [-0.2, 0) is 64.0 Å². The zero-order valence-electron chi connectivity index (χ0n) is 43.5. The van der Waals surface area contributed by atoms with E-state index in [9.17, 15) is 72.9 Å². The zero-order valence-corrected chi connectivity index (χ0v) is 45.3. The number of carboxylic acids is 3. The highest BCUT2D eigenvalue weighted by molar-refractivity contribution is 7.80. The van der Waals surface area contributed by atoms with Gasteiger partial charge in [-0.15, -0.1) is 0 Å². The minimum atomic E-state index is -1.83. The van der Waals surface area contributed by atoms with E-state index in [1.807, 2.05) is 0 Å². The lowest BCUT2D eigenvalue weighted by Crippen LogP contribution is -2.60. The van der Waals surface area contributed by atoms with Gasteiger partial charge < -0.3 is 79.6 Å². The molecule has 17 N–H and O–H groups in total. The number of nitrogens with one attached hydrogen (secondary N) is 10. The lowest BCUT2D eigenvalue weighted by Gasteiger charge is -2.29. The number of nitrogens with zero attached hydrogens (tertiary/aromatic N) is 1. The maximum Gasteiger partial charge on any atom is 0.326 e. The first-order chi connectivity index (χ1) is 35.6. The highest BCUT2D eigenvalue weighted by Crippen LogP contribution is 2.13. The Hall–Kier alpha value is -6.53. The van der Waals surface area contributed by atoms with Crippen molar-refractivity contribution >= 4 is 96.3 Å². The maximum absolute atomic E-state index is 14.0. The van der Waals surface area contributed by atoms with Gasteiger partial charge in [0, 0.05) is 36.2 Å². The first kappa shape index (κ1) is 67.5. The molecule has 1 aromatic heterocycles. The molecule has 0 saturated heterocycles. The molecule has 1 aromatic rings. The lowest BCUT2D eigenvalue weighted by molar-refractivity contribution is -0.143. The number of carbonyl (C=O) groups excluding carboxylic acids is 9. The Morgan fingerprint density at radius 1 is 0.579 bits per heavy atom. The molecule has 30 heteroatoms. The van der Waals surface area contributed by atoms with Crippen molar-refractivity contribution in [3.8, 4) is 0 Å². The summed E-state index contributed by atoms with van der Waals surface area (Å²) in [5, 5.41) is 50.7. The Morgan fingerprint density at radius 2 is 1.09 bits per heavy atom. The normalized spacial score (nSPS) is 14.8. The average molecular weight is 1120 g/mol. The van der Waals surface area contributed by atoms with E-state index >= 15 is 0 Å². The molecule has 1 rings (SSSR count). The second kappa shape index (κ2) is 34.9. The Labute approximate surface area is 451 Å². The number of aliphatic carboxylic acids is 3. The van der Waals surface area contributed by atoms with E-state index in [1.165, 1.54) is 12.5 Å². The van der Waals surface area contributed by atoms with Gasteiger partial charge in [-0.1, -0.05) is 41.5 Å². The van der Waals surface area contributed by atoms with Gasteiger partial charge in [0.05, 0.1) is 25.3 Å². The van der Waals surface area contributed by atoms with E-state index in [0.29, 0.717) is 25.1 Å². The largest absolute Gasteiger partial charge is 0.481 e. The summed E-state index contributed by atoms with van der Waals surface area (Å²) in [7, 11) is 0. The molecular weight excluding hydrogens is 1040 g/mol. The van der Waals surface area contributed by atoms with Gasteiger partial charge in [0.15, 0.2) is 0 Å². The van der Waals surface area contributed by atoms with Gasteiger partial charge in [-0.25, -0.2) is 9.78 Å². The molecule has 0 bridgehead atoms. The molecule has 428 valence electrons. The van der Waals surface area contributed by atoms with Crippen molar-refractivity contribution in [1.82, 2.24) is 57.8 Å². The lowest BCUT2D eigenvalue weighted by atomic mass is 9.99. The molecule has 76 heavy (non-hydrogen) atoms. The number of hydrogen-bond donors (Lipinski definition) is 17. The second-order valence-electron chi connectivity index (χ2n) is 19.1. The number of hydrogen-bond acceptors (Lipinski definition) is 17. The highest BCUT2D eigenvalue weighted by Gasteiger charge is 2.36. The molecular formula is C46H77N13O15S2. The number of unbranched alkanes of at least 4 members (excludes halogenated alkanes) is 1. The van der Waals surface area contributed by atoms with Gasteiger partial charge in [-0.2, -0.15) is 25.3 Å². The number of carbonyl (C=O) groups is 12. The molecule has 9 atom stereocenters. The predicted molar refractivity (Wildman–Crippen MR) is 280 cm³/mol. The molecule has 28 nitrogen and oxygen atoms in total. The number of H-pyrrole nitrogens is 1. The number of amides is 9. The van der Waals surface area contributed by atoms with E-state index in [0.717, 1.165) is 0 Å². The molecule has 0 spiro atoms. The predicted octanol–water partition coefficient (Wildman–Crippen LogP) is -3.57. The topological polar surface area (TPSA) is 455 Å². The number of aromatic amines is 1. The number of aromatic nitrogens is 2. The van der Waals surface area contributed by atoms with Crippen molar-refractivity contribution in [2.75, 3.05) is 24.6 Å².